The summed E-state index contributed by atoms with van der Waals surface area (Å²) in [5, 5.41) is 8.42. The van der Waals surface area contributed by atoms with Crippen LogP contribution in [0.25, 0.3) is 21.9 Å². The van der Waals surface area contributed by atoms with Gasteiger partial charge in [-0.25, -0.2) is 8.42 Å². The first kappa shape index (κ1) is 31.6. The Labute approximate surface area is 247 Å². The largest absolute Gasteiger partial charge is 0.573 e. The highest BCUT2D eigenvalue weighted by molar-refractivity contribution is 8.08. The summed E-state index contributed by atoms with van der Waals surface area (Å²) in [6, 6.07) is 20.2. The van der Waals surface area contributed by atoms with E-state index in [-0.39, 0.29) is 34.8 Å². The number of sulfone groups is 1. The van der Waals surface area contributed by atoms with Gasteiger partial charge in [0.05, 0.1) is 4.90 Å². The molecule has 0 saturated heterocycles. The molecule has 224 valence electrons. The summed E-state index contributed by atoms with van der Waals surface area (Å²) < 4.78 is 68.1. The Hall–Kier alpha value is -4.31. The number of ether oxygens (including phenoxy) is 1. The van der Waals surface area contributed by atoms with Crippen LogP contribution in [-0.4, -0.2) is 31.4 Å². The van der Waals surface area contributed by atoms with Crippen LogP contribution in [0.3, 0.4) is 0 Å². The van der Waals surface area contributed by atoms with E-state index in [0.717, 1.165) is 34.9 Å². The third kappa shape index (κ3) is 7.37. The molecule has 0 radical (unpaired) electrons. The van der Waals surface area contributed by atoms with Crippen LogP contribution in [-0.2, 0) is 21.1 Å². The second-order valence-corrected chi connectivity index (χ2v) is 12.0. The molecule has 4 aromatic rings. The molecule has 4 aromatic carbocycles. The lowest BCUT2D eigenvalue weighted by molar-refractivity contribution is -0.274. The minimum Gasteiger partial charge on any atom is -0.406 e. The molecular weight excluding hydrogens is 579 g/mol. The van der Waals surface area contributed by atoms with E-state index >= 15 is 0 Å². The number of unbranched alkanes of at least 4 members (excludes halogenated alkanes) is 2. The number of hydrogen-bond acceptors (Lipinski definition) is 6. The Bertz CT molecular complexity index is 1800. The average Bonchev–Trinajstić information content (AvgIpc) is 2.96. The van der Waals surface area contributed by atoms with Crippen LogP contribution in [0.2, 0.25) is 0 Å². The van der Waals surface area contributed by atoms with Crippen molar-refractivity contribution in [2.24, 2.45) is 0 Å². The zero-order chi connectivity index (χ0) is 31.4. The summed E-state index contributed by atoms with van der Waals surface area (Å²) in [5.41, 5.74) is 2.98. The predicted octanol–water partition coefficient (Wildman–Crippen LogP) is 8.04. The van der Waals surface area contributed by atoms with Crippen molar-refractivity contribution in [3.05, 3.63) is 95.6 Å². The van der Waals surface area contributed by atoms with Crippen LogP contribution < -0.4 is 4.74 Å². The van der Waals surface area contributed by atoms with Crippen LogP contribution in [0.4, 0.5) is 13.2 Å². The van der Waals surface area contributed by atoms with Crippen molar-refractivity contribution in [2.75, 3.05) is 0 Å². The number of hydrogen-bond donors (Lipinski definition) is 1. The highest BCUT2D eigenvalue weighted by atomic mass is 32.2. The number of nitrogens with one attached hydrogen (secondary N) is 1. The normalized spacial score (nSPS) is 11.8. The first-order valence-electron chi connectivity index (χ1n) is 13.7. The van der Waals surface area contributed by atoms with Crippen LogP contribution >= 0.6 is 0 Å². The Morgan fingerprint density at radius 2 is 1.60 bits per heavy atom. The standard InChI is InChI=1S/C33H30F3NO5S/c1-3-4-5-9-29(38)32(37)43(40,41)31-10-7-6-8-25(31)20-30(39)23-13-11-22(12-14-23)27-17-15-24-19-26(42-33(34,35)36)16-18-28(24)21(27)2/h6-8,10-19,37H,3-5,9,20H2,1-2H3. The average molecular weight is 610 g/mol. The fourth-order valence-corrected chi connectivity index (χ4v) is 6.27. The monoisotopic (exact) mass is 609 g/mol. The summed E-state index contributed by atoms with van der Waals surface area (Å²) in [7, 11) is -4.39. The number of ketones is 2. The van der Waals surface area contributed by atoms with E-state index in [0.29, 0.717) is 17.4 Å². The minimum atomic E-state index is -4.78. The molecule has 10 heteroatoms. The van der Waals surface area contributed by atoms with Gasteiger partial charge in [-0.15, -0.1) is 13.2 Å². The van der Waals surface area contributed by atoms with Crippen molar-refractivity contribution in [3.8, 4) is 16.9 Å². The molecule has 0 saturated carbocycles. The maximum atomic E-state index is 13.2. The van der Waals surface area contributed by atoms with Crippen molar-refractivity contribution in [3.63, 3.8) is 0 Å². The van der Waals surface area contributed by atoms with Crippen molar-refractivity contribution in [1.82, 2.24) is 0 Å². The van der Waals surface area contributed by atoms with Gasteiger partial charge >= 0.3 is 6.36 Å². The van der Waals surface area contributed by atoms with Gasteiger partial charge in [-0.3, -0.25) is 15.0 Å². The van der Waals surface area contributed by atoms with Crippen LogP contribution in [0.15, 0.2) is 83.8 Å². The third-order valence-corrected chi connectivity index (χ3v) is 8.90. The number of halogens is 3. The van der Waals surface area contributed by atoms with Gasteiger partial charge in [0.15, 0.2) is 16.6 Å². The van der Waals surface area contributed by atoms with Gasteiger partial charge in [-0.05, 0) is 64.6 Å². The molecule has 43 heavy (non-hydrogen) atoms. The van der Waals surface area contributed by atoms with Gasteiger partial charge in [0.1, 0.15) is 5.75 Å². The van der Waals surface area contributed by atoms with E-state index in [1.807, 2.05) is 13.8 Å². The topological polar surface area (TPSA) is 101 Å². The lowest BCUT2D eigenvalue weighted by atomic mass is 9.93. The summed E-state index contributed by atoms with van der Waals surface area (Å²) in [4.78, 5) is 25.3. The molecule has 0 aromatic heterocycles. The van der Waals surface area contributed by atoms with Gasteiger partial charge in [0, 0.05) is 18.4 Å². The second kappa shape index (κ2) is 12.9. The maximum Gasteiger partial charge on any atom is 0.573 e. The summed E-state index contributed by atoms with van der Waals surface area (Å²) in [6.45, 7) is 3.81. The Morgan fingerprint density at radius 1 is 0.907 bits per heavy atom. The number of benzene rings is 4. The van der Waals surface area contributed by atoms with Crippen molar-refractivity contribution >= 4 is 37.2 Å². The summed E-state index contributed by atoms with van der Waals surface area (Å²) in [5.74, 6) is -1.40. The highest BCUT2D eigenvalue weighted by Crippen LogP contribution is 2.33. The number of carbonyl (C=O) groups is 2. The molecule has 1 N–H and O–H groups in total. The molecule has 0 spiro atoms. The molecular formula is C33H30F3NO5S. The molecule has 0 aliphatic heterocycles. The molecule has 0 aliphatic carbocycles. The van der Waals surface area contributed by atoms with Crippen LogP contribution in [0.5, 0.6) is 5.75 Å². The Morgan fingerprint density at radius 3 is 2.28 bits per heavy atom. The SMILES string of the molecule is CCCCCC(=O)C(=N)S(=O)(=O)c1ccccc1CC(=O)c1ccc(-c2ccc3cc(OC(F)(F)F)ccc3c2C)cc1. The Kier molecular flexibility index (Phi) is 9.49. The van der Waals surface area contributed by atoms with Crippen LogP contribution in [0.1, 0.15) is 54.1 Å². The number of alkyl halides is 3. The number of carbonyl (C=O) groups excluding carboxylic acids is 2. The highest BCUT2D eigenvalue weighted by Gasteiger charge is 2.31. The summed E-state index contributed by atoms with van der Waals surface area (Å²) >= 11 is 0. The predicted molar refractivity (Wildman–Crippen MR) is 159 cm³/mol. The summed E-state index contributed by atoms with van der Waals surface area (Å²) in [6.07, 6.45) is -2.95. The molecule has 0 heterocycles. The van der Waals surface area contributed by atoms with Crippen LogP contribution in [0, 0.1) is 12.3 Å². The zero-order valence-electron chi connectivity index (χ0n) is 23.6. The molecule has 0 atom stereocenters. The lowest BCUT2D eigenvalue weighted by Crippen LogP contribution is -2.25. The van der Waals surface area contributed by atoms with Gasteiger partial charge in [-0.1, -0.05) is 80.4 Å². The van der Waals surface area contributed by atoms with Crippen molar-refractivity contribution in [2.45, 2.75) is 57.2 Å². The molecule has 0 bridgehead atoms. The van der Waals surface area contributed by atoms with E-state index < -0.39 is 27.0 Å². The van der Waals surface area contributed by atoms with Crippen molar-refractivity contribution < 1.29 is 35.9 Å². The molecule has 4 rings (SSSR count). The van der Waals surface area contributed by atoms with E-state index in [1.165, 1.54) is 30.3 Å². The fourth-order valence-electron chi connectivity index (χ4n) is 4.90. The second-order valence-electron chi connectivity index (χ2n) is 10.2. The van der Waals surface area contributed by atoms with Gasteiger partial charge < -0.3 is 4.74 Å². The number of rotatable bonds is 11. The first-order valence-corrected chi connectivity index (χ1v) is 15.2. The quantitative estimate of drug-likeness (QED) is 0.0803. The van der Waals surface area contributed by atoms with E-state index in [9.17, 15) is 31.2 Å². The van der Waals surface area contributed by atoms with E-state index in [4.69, 9.17) is 5.41 Å². The lowest BCUT2D eigenvalue weighted by Gasteiger charge is -2.13. The third-order valence-electron chi connectivity index (χ3n) is 7.15. The van der Waals surface area contributed by atoms with Gasteiger partial charge in [-0.2, -0.15) is 0 Å². The van der Waals surface area contributed by atoms with Gasteiger partial charge in [0.25, 0.3) is 0 Å². The van der Waals surface area contributed by atoms with Gasteiger partial charge in [0.2, 0.25) is 9.84 Å². The molecule has 6 nitrogen and oxygen atoms in total. The van der Waals surface area contributed by atoms with E-state index in [2.05, 4.69) is 4.74 Å². The maximum absolute atomic E-state index is 13.2. The van der Waals surface area contributed by atoms with E-state index in [1.54, 1.807) is 48.5 Å². The molecule has 0 fully saturated rings. The smallest absolute Gasteiger partial charge is 0.406 e. The molecule has 0 aliphatic rings. The molecule has 0 unspecified atom stereocenters. The minimum absolute atomic E-state index is 0.0243. The number of Topliss-reactive ketones (excluding diaryl/α,β-unsaturated/α-hetero) is 2. The van der Waals surface area contributed by atoms with Crippen molar-refractivity contribution in [1.29, 1.82) is 5.41 Å². The Balaban J connectivity index is 1.54. The molecule has 0 amide bonds. The fraction of sp³-hybridized carbons (Fsp3) is 0.242. The number of aryl methyl sites for hydroxylation is 1. The first-order chi connectivity index (χ1) is 20.3. The number of fused-ring (bicyclic) bond motifs is 1. The zero-order valence-corrected chi connectivity index (χ0v) is 24.4.